The van der Waals surface area contributed by atoms with Crippen molar-refractivity contribution >= 4 is 29.2 Å². The molecule has 3 unspecified atom stereocenters. The first kappa shape index (κ1) is 26.5. The fraction of sp³-hybridized carbons (Fsp3) is 0.226. The summed E-state index contributed by atoms with van der Waals surface area (Å²) < 4.78 is 22.5. The Balaban J connectivity index is 1.51. The summed E-state index contributed by atoms with van der Waals surface area (Å²) in [5.41, 5.74) is 1.59. The van der Waals surface area contributed by atoms with Crippen LogP contribution in [0.2, 0.25) is 5.02 Å². The van der Waals surface area contributed by atoms with Crippen LogP contribution in [-0.4, -0.2) is 43.9 Å². The van der Waals surface area contributed by atoms with Crippen molar-refractivity contribution in [3.8, 4) is 5.75 Å². The molecule has 0 amide bonds. The molecule has 2 aliphatic heterocycles. The first-order valence-corrected chi connectivity index (χ1v) is 12.9. The molecule has 0 aliphatic carbocycles. The van der Waals surface area contributed by atoms with Gasteiger partial charge in [-0.25, -0.2) is 9.59 Å². The van der Waals surface area contributed by atoms with Crippen molar-refractivity contribution in [2.75, 3.05) is 19.5 Å². The van der Waals surface area contributed by atoms with E-state index in [0.29, 0.717) is 23.8 Å². The van der Waals surface area contributed by atoms with Gasteiger partial charge in [-0.05, 0) is 41.8 Å². The molecule has 7 nitrogen and oxygen atoms in total. The van der Waals surface area contributed by atoms with E-state index in [1.54, 1.807) is 12.2 Å². The molecule has 200 valence electrons. The predicted molar refractivity (Wildman–Crippen MR) is 148 cm³/mol. The van der Waals surface area contributed by atoms with Gasteiger partial charge in [0.15, 0.2) is 0 Å². The number of esters is 2. The summed E-state index contributed by atoms with van der Waals surface area (Å²) in [5, 5.41) is 4.11. The van der Waals surface area contributed by atoms with E-state index in [1.165, 1.54) is 14.2 Å². The van der Waals surface area contributed by atoms with Crippen LogP contribution in [0.25, 0.3) is 0 Å². The standard InChI is InChI=1S/C31H28ClNO6/c1-36-29(34)27-25-15-16-31(39-25,28(27)30(35)37-2)26(17-21-11-6-7-14-24(21)32)33-22-12-8-13-23(18-22)38-19-20-9-4-3-5-10-20/h3-16,18,25-26,33H,17,19H2,1-2H3. The maximum atomic E-state index is 13.1. The van der Waals surface area contributed by atoms with E-state index in [1.807, 2.05) is 78.9 Å². The first-order valence-electron chi connectivity index (χ1n) is 12.5. The van der Waals surface area contributed by atoms with E-state index in [0.717, 1.165) is 16.8 Å². The number of hydrogen-bond acceptors (Lipinski definition) is 7. The molecule has 8 heteroatoms. The Morgan fingerprint density at radius 3 is 2.46 bits per heavy atom. The average molecular weight is 546 g/mol. The first-order chi connectivity index (χ1) is 18.9. The molecule has 0 saturated carbocycles. The number of carbonyl (C=O) groups excluding carboxylic acids is 2. The van der Waals surface area contributed by atoms with Gasteiger partial charge < -0.3 is 24.3 Å². The van der Waals surface area contributed by atoms with Crippen LogP contribution in [0, 0.1) is 0 Å². The van der Waals surface area contributed by atoms with E-state index >= 15 is 0 Å². The summed E-state index contributed by atoms with van der Waals surface area (Å²) >= 11 is 6.55. The number of methoxy groups -OCH3 is 2. The highest BCUT2D eigenvalue weighted by Gasteiger charge is 2.58. The highest BCUT2D eigenvalue weighted by atomic mass is 35.5. The lowest BCUT2D eigenvalue weighted by molar-refractivity contribution is -0.139. The lowest BCUT2D eigenvalue weighted by Gasteiger charge is -2.36. The quantitative estimate of drug-likeness (QED) is 0.274. The molecule has 0 saturated heterocycles. The second-order valence-corrected chi connectivity index (χ2v) is 9.66. The van der Waals surface area contributed by atoms with E-state index < -0.39 is 29.7 Å². The molecule has 2 heterocycles. The molecule has 3 atom stereocenters. The number of hydrogen-bond donors (Lipinski definition) is 1. The summed E-state index contributed by atoms with van der Waals surface area (Å²) in [7, 11) is 2.55. The van der Waals surface area contributed by atoms with Crippen LogP contribution >= 0.6 is 11.6 Å². The van der Waals surface area contributed by atoms with E-state index in [2.05, 4.69) is 5.32 Å². The van der Waals surface area contributed by atoms with E-state index in [9.17, 15) is 9.59 Å². The monoisotopic (exact) mass is 545 g/mol. The lowest BCUT2D eigenvalue weighted by Crippen LogP contribution is -2.49. The number of anilines is 1. The van der Waals surface area contributed by atoms with Crippen molar-refractivity contribution in [2.45, 2.75) is 30.8 Å². The summed E-state index contributed by atoms with van der Waals surface area (Å²) in [6, 6.07) is 24.4. The fourth-order valence-corrected chi connectivity index (χ4v) is 5.27. The van der Waals surface area contributed by atoms with E-state index in [-0.39, 0.29) is 11.1 Å². The molecule has 2 aliphatic rings. The zero-order chi connectivity index (χ0) is 27.4. The summed E-state index contributed by atoms with van der Waals surface area (Å²) in [4.78, 5) is 25.9. The normalized spacial score (nSPS) is 20.0. The molecule has 0 aromatic heterocycles. The number of nitrogens with one attached hydrogen (secondary N) is 1. The van der Waals surface area contributed by atoms with Gasteiger partial charge in [0.25, 0.3) is 0 Å². The van der Waals surface area contributed by atoms with Crippen molar-refractivity contribution in [3.63, 3.8) is 0 Å². The van der Waals surface area contributed by atoms with Gasteiger partial charge in [0.1, 0.15) is 24.1 Å². The molecule has 2 bridgehead atoms. The number of rotatable bonds is 10. The summed E-state index contributed by atoms with van der Waals surface area (Å²) in [5.74, 6) is -0.628. The zero-order valence-electron chi connectivity index (χ0n) is 21.6. The molecule has 39 heavy (non-hydrogen) atoms. The highest BCUT2D eigenvalue weighted by molar-refractivity contribution is 6.31. The van der Waals surface area contributed by atoms with E-state index in [4.69, 9.17) is 30.5 Å². The van der Waals surface area contributed by atoms with Gasteiger partial charge >= 0.3 is 11.9 Å². The third-order valence-corrected chi connectivity index (χ3v) is 7.27. The van der Waals surface area contributed by atoms with Crippen LogP contribution in [0.5, 0.6) is 5.75 Å². The Kier molecular flexibility index (Phi) is 7.72. The van der Waals surface area contributed by atoms with Gasteiger partial charge in [0, 0.05) is 16.8 Å². The Hall–Kier alpha value is -4.07. The maximum absolute atomic E-state index is 13.1. The molecule has 5 rings (SSSR count). The number of halogens is 1. The van der Waals surface area contributed by atoms with Crippen LogP contribution in [-0.2, 0) is 36.8 Å². The SMILES string of the molecule is COC(=O)C1=C(C(=O)OC)C2(C(Cc3ccccc3Cl)Nc3cccc(OCc4ccccc4)c3)C=CC1O2. The van der Waals surface area contributed by atoms with Crippen LogP contribution in [0.4, 0.5) is 5.69 Å². The zero-order valence-corrected chi connectivity index (χ0v) is 22.3. The smallest absolute Gasteiger partial charge is 0.337 e. The third kappa shape index (κ3) is 5.28. The highest BCUT2D eigenvalue weighted by Crippen LogP contribution is 2.48. The van der Waals surface area contributed by atoms with Crippen LogP contribution in [0.15, 0.2) is 102 Å². The number of fused-ring (bicyclic) bond motifs is 2. The third-order valence-electron chi connectivity index (χ3n) is 6.90. The minimum absolute atomic E-state index is 0.116. The van der Waals surface area contributed by atoms with Gasteiger partial charge in [-0.2, -0.15) is 0 Å². The van der Waals surface area contributed by atoms with Gasteiger partial charge in [0.2, 0.25) is 0 Å². The molecule has 0 spiro atoms. The van der Waals surface area contributed by atoms with Crippen LogP contribution in [0.1, 0.15) is 11.1 Å². The Bertz CT molecular complexity index is 1440. The fourth-order valence-electron chi connectivity index (χ4n) is 5.05. The number of carbonyl (C=O) groups is 2. The lowest BCUT2D eigenvalue weighted by atomic mass is 9.79. The van der Waals surface area contributed by atoms with Gasteiger partial charge in [-0.3, -0.25) is 0 Å². The Labute approximate surface area is 232 Å². The average Bonchev–Trinajstić information content (AvgIpc) is 3.55. The van der Waals surface area contributed by atoms with Crippen LogP contribution < -0.4 is 10.1 Å². The molecule has 1 N–H and O–H groups in total. The number of ether oxygens (including phenoxy) is 4. The predicted octanol–water partition coefficient (Wildman–Crippen LogP) is 5.29. The largest absolute Gasteiger partial charge is 0.489 e. The van der Waals surface area contributed by atoms with Crippen molar-refractivity contribution < 1.29 is 28.5 Å². The second-order valence-electron chi connectivity index (χ2n) is 9.26. The molecule has 0 radical (unpaired) electrons. The Morgan fingerprint density at radius 1 is 0.974 bits per heavy atom. The topological polar surface area (TPSA) is 83.1 Å². The van der Waals surface area contributed by atoms with Gasteiger partial charge in [0.05, 0.1) is 31.4 Å². The Morgan fingerprint density at radius 2 is 1.72 bits per heavy atom. The molecule has 3 aromatic rings. The summed E-state index contributed by atoms with van der Waals surface area (Å²) in [6.45, 7) is 0.419. The molecular weight excluding hydrogens is 518 g/mol. The van der Waals surface area contributed by atoms with Crippen molar-refractivity contribution in [1.82, 2.24) is 0 Å². The van der Waals surface area contributed by atoms with Gasteiger partial charge in [-0.15, -0.1) is 0 Å². The van der Waals surface area contributed by atoms with Crippen molar-refractivity contribution in [1.29, 1.82) is 0 Å². The minimum Gasteiger partial charge on any atom is -0.489 e. The summed E-state index contributed by atoms with van der Waals surface area (Å²) in [6.07, 6.45) is 3.21. The van der Waals surface area contributed by atoms with Gasteiger partial charge in [-0.1, -0.05) is 72.3 Å². The second kappa shape index (κ2) is 11.4. The molecular formula is C31H28ClNO6. The van der Waals surface area contributed by atoms with Crippen LogP contribution in [0.3, 0.4) is 0 Å². The minimum atomic E-state index is -1.30. The number of benzene rings is 3. The van der Waals surface area contributed by atoms with Crippen molar-refractivity contribution in [2.24, 2.45) is 0 Å². The molecule has 3 aromatic carbocycles. The maximum Gasteiger partial charge on any atom is 0.337 e. The van der Waals surface area contributed by atoms with Crippen molar-refractivity contribution in [3.05, 3.63) is 118 Å². The molecule has 0 fully saturated rings.